The molecule has 0 unspecified atom stereocenters. The zero-order chi connectivity index (χ0) is 12.3. The van der Waals surface area contributed by atoms with Crippen LogP contribution < -0.4 is 5.32 Å². The van der Waals surface area contributed by atoms with E-state index in [4.69, 9.17) is 5.11 Å². The van der Waals surface area contributed by atoms with E-state index in [0.29, 0.717) is 12.4 Å². The van der Waals surface area contributed by atoms with Crippen molar-refractivity contribution in [2.45, 2.75) is 6.54 Å². The number of anilines is 1. The minimum Gasteiger partial charge on any atom is -0.478 e. The van der Waals surface area contributed by atoms with Gasteiger partial charge in [-0.25, -0.2) is 4.79 Å². The van der Waals surface area contributed by atoms with Gasteiger partial charge in [0.2, 0.25) is 0 Å². The predicted octanol–water partition coefficient (Wildman–Crippen LogP) is -0.0846. The van der Waals surface area contributed by atoms with Gasteiger partial charge in [-0.3, -0.25) is 0 Å². The van der Waals surface area contributed by atoms with Crippen molar-refractivity contribution in [1.29, 1.82) is 0 Å². The molecule has 0 bridgehead atoms. The molecular weight excluding hydrogens is 224 g/mol. The van der Waals surface area contributed by atoms with Crippen LogP contribution in [0.25, 0.3) is 0 Å². The minimum absolute atomic E-state index is 0.0715. The largest absolute Gasteiger partial charge is 0.478 e. The third-order valence-electron chi connectivity index (χ3n) is 2.17. The second kappa shape index (κ2) is 4.56. The van der Waals surface area contributed by atoms with Crippen LogP contribution >= 0.6 is 0 Å². The van der Waals surface area contributed by atoms with Crippen molar-refractivity contribution in [2.75, 3.05) is 5.32 Å². The van der Waals surface area contributed by atoms with Crippen molar-refractivity contribution in [3.63, 3.8) is 0 Å². The fourth-order valence-electron chi connectivity index (χ4n) is 1.26. The molecule has 0 spiro atoms. The van der Waals surface area contributed by atoms with Crippen LogP contribution in [0.1, 0.15) is 16.2 Å². The Bertz CT molecular complexity index is 538. The molecule has 17 heavy (non-hydrogen) atoms. The van der Waals surface area contributed by atoms with Gasteiger partial charge in [0, 0.05) is 7.05 Å². The highest BCUT2D eigenvalue weighted by molar-refractivity contribution is 5.92. The molecule has 8 heteroatoms. The molecule has 0 fully saturated rings. The van der Waals surface area contributed by atoms with Gasteiger partial charge >= 0.3 is 5.97 Å². The van der Waals surface area contributed by atoms with Crippen molar-refractivity contribution in [1.82, 2.24) is 25.0 Å². The Balaban J connectivity index is 2.14. The number of aryl methyl sites for hydroxylation is 1. The van der Waals surface area contributed by atoms with E-state index in [1.54, 1.807) is 17.9 Å². The maximum Gasteiger partial charge on any atom is 0.339 e. The molecule has 0 amide bonds. The smallest absolute Gasteiger partial charge is 0.339 e. The van der Waals surface area contributed by atoms with Crippen LogP contribution in [-0.2, 0) is 13.6 Å². The van der Waals surface area contributed by atoms with Gasteiger partial charge in [-0.1, -0.05) is 0 Å². The first kappa shape index (κ1) is 11.0. The van der Waals surface area contributed by atoms with E-state index >= 15 is 0 Å². The molecule has 2 N–H and O–H groups in total. The van der Waals surface area contributed by atoms with Gasteiger partial charge in [-0.15, -0.1) is 15.3 Å². The average molecular weight is 234 g/mol. The van der Waals surface area contributed by atoms with Gasteiger partial charge in [0.1, 0.15) is 11.9 Å². The molecule has 88 valence electrons. The Morgan fingerprint density at radius 3 is 2.94 bits per heavy atom. The molecule has 0 saturated carbocycles. The van der Waals surface area contributed by atoms with E-state index in [9.17, 15) is 4.79 Å². The van der Waals surface area contributed by atoms with Gasteiger partial charge < -0.3 is 15.0 Å². The summed E-state index contributed by atoms with van der Waals surface area (Å²) in [6, 6.07) is 1.38. The van der Waals surface area contributed by atoms with E-state index in [1.807, 2.05) is 0 Å². The number of aromatic carboxylic acids is 1. The van der Waals surface area contributed by atoms with Crippen molar-refractivity contribution in [3.8, 4) is 0 Å². The van der Waals surface area contributed by atoms with Gasteiger partial charge in [-0.05, 0) is 6.07 Å². The lowest BCUT2D eigenvalue weighted by molar-refractivity contribution is 0.0697. The van der Waals surface area contributed by atoms with E-state index in [1.165, 1.54) is 12.3 Å². The number of aromatic nitrogens is 5. The zero-order valence-corrected chi connectivity index (χ0v) is 9.03. The number of carboxylic acids is 1. The highest BCUT2D eigenvalue weighted by Gasteiger charge is 2.11. The molecule has 2 aromatic rings. The lowest BCUT2D eigenvalue weighted by Crippen LogP contribution is -2.11. The molecule has 0 aliphatic rings. The third-order valence-corrected chi connectivity index (χ3v) is 2.17. The fourth-order valence-corrected chi connectivity index (χ4v) is 1.26. The number of nitrogens with zero attached hydrogens (tertiary/aromatic N) is 5. The van der Waals surface area contributed by atoms with E-state index in [0.717, 1.165) is 0 Å². The summed E-state index contributed by atoms with van der Waals surface area (Å²) in [6.45, 7) is 0.329. The Labute approximate surface area is 96.3 Å². The van der Waals surface area contributed by atoms with Gasteiger partial charge in [-0.2, -0.15) is 5.10 Å². The van der Waals surface area contributed by atoms with Crippen LogP contribution in [0.3, 0.4) is 0 Å². The highest BCUT2D eigenvalue weighted by Crippen LogP contribution is 2.10. The van der Waals surface area contributed by atoms with Crippen LogP contribution in [0.2, 0.25) is 0 Å². The van der Waals surface area contributed by atoms with Crippen molar-refractivity contribution >= 4 is 11.8 Å². The van der Waals surface area contributed by atoms with Crippen LogP contribution in [0.15, 0.2) is 18.6 Å². The molecule has 0 saturated heterocycles. The summed E-state index contributed by atoms with van der Waals surface area (Å²) in [7, 11) is 1.80. The number of nitrogens with one attached hydrogen (secondary N) is 1. The maximum absolute atomic E-state index is 10.9. The van der Waals surface area contributed by atoms with Crippen LogP contribution in [0.4, 0.5) is 5.82 Å². The summed E-state index contributed by atoms with van der Waals surface area (Å²) in [4.78, 5) is 10.9. The summed E-state index contributed by atoms with van der Waals surface area (Å²) >= 11 is 0. The topological polar surface area (TPSA) is 106 Å². The molecule has 2 aromatic heterocycles. The Hall–Kier alpha value is -2.51. The first-order valence-corrected chi connectivity index (χ1v) is 4.80. The van der Waals surface area contributed by atoms with Crippen molar-refractivity contribution < 1.29 is 9.90 Å². The summed E-state index contributed by atoms with van der Waals surface area (Å²) in [6.07, 6.45) is 2.89. The summed E-state index contributed by atoms with van der Waals surface area (Å²) in [5.74, 6) is -0.171. The molecule has 2 rings (SSSR count). The number of carbonyl (C=O) groups is 1. The van der Waals surface area contributed by atoms with Crippen molar-refractivity contribution in [2.24, 2.45) is 7.05 Å². The number of rotatable bonds is 4. The fraction of sp³-hybridized carbons (Fsp3) is 0.222. The standard InChI is InChI=1S/C9H10N6O2/c1-15-5-12-13-7(15)4-10-8-6(9(16)17)2-3-11-14-8/h2-3,5H,4H2,1H3,(H,10,14)(H,16,17). The zero-order valence-electron chi connectivity index (χ0n) is 9.03. The summed E-state index contributed by atoms with van der Waals surface area (Å²) in [5.41, 5.74) is 0.0715. The second-order valence-electron chi connectivity index (χ2n) is 3.31. The van der Waals surface area contributed by atoms with E-state index < -0.39 is 5.97 Å². The lowest BCUT2D eigenvalue weighted by Gasteiger charge is -2.06. The Kier molecular flexibility index (Phi) is 2.95. The average Bonchev–Trinajstić information content (AvgIpc) is 2.72. The van der Waals surface area contributed by atoms with Gasteiger partial charge in [0.15, 0.2) is 11.6 Å². The Morgan fingerprint density at radius 1 is 1.47 bits per heavy atom. The molecule has 0 aliphatic carbocycles. The lowest BCUT2D eigenvalue weighted by atomic mass is 10.3. The normalized spacial score (nSPS) is 10.2. The molecule has 0 aliphatic heterocycles. The van der Waals surface area contributed by atoms with Gasteiger partial charge in [0.05, 0.1) is 12.7 Å². The van der Waals surface area contributed by atoms with Gasteiger partial charge in [0.25, 0.3) is 0 Å². The molecule has 0 aromatic carbocycles. The van der Waals surface area contributed by atoms with E-state index in [2.05, 4.69) is 25.7 Å². The first-order valence-electron chi connectivity index (χ1n) is 4.80. The van der Waals surface area contributed by atoms with E-state index in [-0.39, 0.29) is 11.4 Å². The van der Waals surface area contributed by atoms with Crippen LogP contribution in [-0.4, -0.2) is 36.0 Å². The number of carboxylic acid groups (broad SMARTS) is 1. The van der Waals surface area contributed by atoms with Crippen LogP contribution in [0, 0.1) is 0 Å². The first-order chi connectivity index (χ1) is 8.18. The molecular formula is C9H10N6O2. The second-order valence-corrected chi connectivity index (χ2v) is 3.31. The minimum atomic E-state index is -1.06. The quantitative estimate of drug-likeness (QED) is 0.761. The predicted molar refractivity (Wildman–Crippen MR) is 57.3 cm³/mol. The maximum atomic E-state index is 10.9. The third kappa shape index (κ3) is 2.36. The Morgan fingerprint density at radius 2 is 2.29 bits per heavy atom. The number of hydrogen-bond donors (Lipinski definition) is 2. The summed E-state index contributed by atoms with van der Waals surface area (Å²) < 4.78 is 1.73. The number of hydrogen-bond acceptors (Lipinski definition) is 6. The SMILES string of the molecule is Cn1cnnc1CNc1nnccc1C(=O)O. The monoisotopic (exact) mass is 234 g/mol. The molecule has 0 atom stereocenters. The van der Waals surface area contributed by atoms with Crippen LogP contribution in [0.5, 0.6) is 0 Å². The highest BCUT2D eigenvalue weighted by atomic mass is 16.4. The molecule has 2 heterocycles. The van der Waals surface area contributed by atoms with Crippen molar-refractivity contribution in [3.05, 3.63) is 30.0 Å². The molecule has 8 nitrogen and oxygen atoms in total. The molecule has 0 radical (unpaired) electrons. The summed E-state index contributed by atoms with van der Waals surface area (Å²) in [5, 5.41) is 26.7.